The monoisotopic (exact) mass is 503 g/mol. The minimum absolute atomic E-state index is 0.00325. The van der Waals surface area contributed by atoms with Crippen LogP contribution in [0.3, 0.4) is 0 Å². The maximum atomic E-state index is 12.9. The zero-order valence-electron chi connectivity index (χ0n) is 19.4. The van der Waals surface area contributed by atoms with Crippen LogP contribution in [-0.2, 0) is 23.9 Å². The Morgan fingerprint density at radius 3 is 2.69 bits per heavy atom. The summed E-state index contributed by atoms with van der Waals surface area (Å²) in [7, 11) is 1.39. The highest BCUT2D eigenvalue weighted by Crippen LogP contribution is 2.25. The molecule has 0 fully saturated rings. The summed E-state index contributed by atoms with van der Waals surface area (Å²) in [4.78, 5) is 52.6. The number of hydrogen-bond acceptors (Lipinski definition) is 9. The van der Waals surface area contributed by atoms with Crippen molar-refractivity contribution in [2.75, 3.05) is 38.7 Å². The molecule has 12 nitrogen and oxygen atoms in total. The Morgan fingerprint density at radius 2 is 1.97 bits per heavy atom. The maximum absolute atomic E-state index is 12.9. The SMILES string of the molecule is COCC(=O)NCCC(=O)NCC(=O)N[C@@H](CCCCN)C(=O)Nc1ccc2nc(C#N)sc2c1. The number of nitrogens with zero attached hydrogens (tertiary/aromatic N) is 2. The van der Waals surface area contributed by atoms with Gasteiger partial charge in [-0.1, -0.05) is 0 Å². The van der Waals surface area contributed by atoms with Gasteiger partial charge in [0.1, 0.15) is 18.7 Å². The van der Waals surface area contributed by atoms with Crippen molar-refractivity contribution in [3.63, 3.8) is 0 Å². The minimum Gasteiger partial charge on any atom is -0.375 e. The number of anilines is 1. The summed E-state index contributed by atoms with van der Waals surface area (Å²) in [6, 6.07) is 6.26. The first-order valence-electron chi connectivity index (χ1n) is 11.0. The third-order valence-corrected chi connectivity index (χ3v) is 5.67. The number of amides is 4. The molecule has 13 heteroatoms. The van der Waals surface area contributed by atoms with Crippen molar-refractivity contribution in [3.05, 3.63) is 23.2 Å². The number of carbonyl (C=O) groups excluding carboxylic acids is 4. The lowest BCUT2D eigenvalue weighted by molar-refractivity contribution is -0.128. The van der Waals surface area contributed by atoms with E-state index in [1.54, 1.807) is 18.2 Å². The number of thiazole rings is 1. The van der Waals surface area contributed by atoms with Crippen LogP contribution in [0.25, 0.3) is 10.2 Å². The second kappa shape index (κ2) is 14.6. The first kappa shape index (κ1) is 27.6. The molecule has 0 aliphatic heterocycles. The predicted molar refractivity (Wildman–Crippen MR) is 130 cm³/mol. The molecule has 35 heavy (non-hydrogen) atoms. The molecule has 0 bridgehead atoms. The summed E-state index contributed by atoms with van der Waals surface area (Å²) in [5.41, 5.74) is 6.71. The number of ether oxygens (including phenoxy) is 1. The summed E-state index contributed by atoms with van der Waals surface area (Å²) >= 11 is 1.22. The van der Waals surface area contributed by atoms with E-state index in [2.05, 4.69) is 31.0 Å². The van der Waals surface area contributed by atoms with E-state index in [9.17, 15) is 19.2 Å². The van der Waals surface area contributed by atoms with Gasteiger partial charge in [0.25, 0.3) is 0 Å². The maximum Gasteiger partial charge on any atom is 0.246 e. The van der Waals surface area contributed by atoms with Gasteiger partial charge in [0.15, 0.2) is 5.01 Å². The third kappa shape index (κ3) is 9.65. The summed E-state index contributed by atoms with van der Waals surface area (Å²) in [5.74, 6) is -1.70. The zero-order chi connectivity index (χ0) is 25.6. The molecule has 0 aliphatic carbocycles. The molecule has 0 saturated carbocycles. The summed E-state index contributed by atoms with van der Waals surface area (Å²) < 4.78 is 5.43. The Labute approximate surface area is 206 Å². The van der Waals surface area contributed by atoms with Gasteiger partial charge in [-0.05, 0) is 44.0 Å². The van der Waals surface area contributed by atoms with Gasteiger partial charge in [-0.15, -0.1) is 11.3 Å². The van der Waals surface area contributed by atoms with Gasteiger partial charge >= 0.3 is 0 Å². The van der Waals surface area contributed by atoms with Gasteiger partial charge < -0.3 is 31.7 Å². The topological polar surface area (TPSA) is 188 Å². The number of rotatable bonds is 14. The zero-order valence-corrected chi connectivity index (χ0v) is 20.2. The molecule has 2 aromatic rings. The highest BCUT2D eigenvalue weighted by atomic mass is 32.1. The second-order valence-electron chi connectivity index (χ2n) is 7.52. The first-order chi connectivity index (χ1) is 16.9. The van der Waals surface area contributed by atoms with Gasteiger partial charge in [0.05, 0.1) is 16.8 Å². The van der Waals surface area contributed by atoms with Gasteiger partial charge in [0, 0.05) is 25.8 Å². The molecule has 0 radical (unpaired) electrons. The molecule has 2 rings (SSSR count). The molecule has 1 heterocycles. The average Bonchev–Trinajstić information content (AvgIpc) is 3.25. The van der Waals surface area contributed by atoms with E-state index < -0.39 is 23.8 Å². The van der Waals surface area contributed by atoms with Crippen molar-refractivity contribution in [1.29, 1.82) is 5.26 Å². The van der Waals surface area contributed by atoms with Crippen molar-refractivity contribution in [1.82, 2.24) is 20.9 Å². The predicted octanol–water partition coefficient (Wildman–Crippen LogP) is -0.0108. The van der Waals surface area contributed by atoms with E-state index in [4.69, 9.17) is 11.0 Å². The van der Waals surface area contributed by atoms with Crippen LogP contribution in [0.5, 0.6) is 0 Å². The number of carbonyl (C=O) groups is 4. The number of nitriles is 1. The average molecular weight is 504 g/mol. The van der Waals surface area contributed by atoms with Gasteiger partial charge in [-0.25, -0.2) is 4.98 Å². The van der Waals surface area contributed by atoms with E-state index in [-0.39, 0.29) is 32.0 Å². The number of nitrogens with two attached hydrogens (primary N) is 1. The molecule has 0 unspecified atom stereocenters. The lowest BCUT2D eigenvalue weighted by atomic mass is 10.1. The molecule has 1 aromatic carbocycles. The lowest BCUT2D eigenvalue weighted by Crippen LogP contribution is -2.47. The second-order valence-corrected chi connectivity index (χ2v) is 8.55. The van der Waals surface area contributed by atoms with Gasteiger partial charge in [-0.3, -0.25) is 19.2 Å². The van der Waals surface area contributed by atoms with E-state index in [1.165, 1.54) is 18.4 Å². The summed E-state index contributed by atoms with van der Waals surface area (Å²) in [6.07, 6.45) is 1.68. The fourth-order valence-corrected chi connectivity index (χ4v) is 3.85. The van der Waals surface area contributed by atoms with Crippen molar-refractivity contribution < 1.29 is 23.9 Å². The third-order valence-electron chi connectivity index (χ3n) is 4.75. The Balaban J connectivity index is 1.89. The Hall–Kier alpha value is -3.60. The number of nitrogens with one attached hydrogen (secondary N) is 4. The largest absolute Gasteiger partial charge is 0.375 e. The van der Waals surface area contributed by atoms with Crippen molar-refractivity contribution in [3.8, 4) is 6.07 Å². The number of methoxy groups -OCH3 is 1. The summed E-state index contributed by atoms with van der Waals surface area (Å²) in [5, 5.41) is 19.7. The van der Waals surface area contributed by atoms with E-state index in [1.807, 2.05) is 6.07 Å². The fourth-order valence-electron chi connectivity index (χ4n) is 3.05. The fraction of sp³-hybridized carbons (Fsp3) is 0.455. The van der Waals surface area contributed by atoms with Crippen LogP contribution < -0.4 is 27.0 Å². The standard InChI is InChI=1S/C22H29N7O5S/c1-34-13-20(32)25-9-7-18(30)26-12-19(31)28-16(4-2-3-8-23)22(33)27-14-5-6-15-17(10-14)35-21(11-24)29-15/h5-6,10,16H,2-4,7-9,12-13,23H2,1H3,(H,25,32)(H,26,30)(H,27,33)(H,28,31)/t16-/m0/s1. The van der Waals surface area contributed by atoms with E-state index in [0.29, 0.717) is 42.0 Å². The number of benzene rings is 1. The minimum atomic E-state index is -0.828. The molecule has 1 atom stereocenters. The smallest absolute Gasteiger partial charge is 0.246 e. The molecule has 0 saturated heterocycles. The van der Waals surface area contributed by atoms with Crippen molar-refractivity contribution in [2.45, 2.75) is 31.7 Å². The van der Waals surface area contributed by atoms with Crippen LogP contribution >= 0.6 is 11.3 Å². The van der Waals surface area contributed by atoms with Crippen LogP contribution in [0.2, 0.25) is 0 Å². The molecule has 4 amide bonds. The molecule has 188 valence electrons. The van der Waals surface area contributed by atoms with Crippen molar-refractivity contribution in [2.24, 2.45) is 5.73 Å². The first-order valence-corrected chi connectivity index (χ1v) is 11.8. The number of unbranched alkanes of at least 4 members (excludes halogenated alkanes) is 1. The van der Waals surface area contributed by atoms with Crippen LogP contribution in [-0.4, -0.2) is 68.0 Å². The van der Waals surface area contributed by atoms with Gasteiger partial charge in [0.2, 0.25) is 23.6 Å². The Bertz CT molecular complexity index is 1080. The number of hydrogen-bond donors (Lipinski definition) is 5. The lowest BCUT2D eigenvalue weighted by Gasteiger charge is -2.19. The summed E-state index contributed by atoms with van der Waals surface area (Å²) in [6.45, 7) is 0.161. The quantitative estimate of drug-likeness (QED) is 0.222. The molecule has 0 aliphatic rings. The van der Waals surface area contributed by atoms with Crippen LogP contribution in [0.4, 0.5) is 5.69 Å². The van der Waals surface area contributed by atoms with E-state index in [0.717, 1.165) is 4.70 Å². The number of fused-ring (bicyclic) bond motifs is 1. The van der Waals surface area contributed by atoms with Crippen LogP contribution in [0.15, 0.2) is 18.2 Å². The van der Waals surface area contributed by atoms with Crippen molar-refractivity contribution >= 4 is 50.9 Å². The molecular weight excluding hydrogens is 474 g/mol. The molecule has 6 N–H and O–H groups in total. The Morgan fingerprint density at radius 1 is 1.17 bits per heavy atom. The van der Waals surface area contributed by atoms with Gasteiger partial charge in [-0.2, -0.15) is 5.26 Å². The van der Waals surface area contributed by atoms with Crippen LogP contribution in [0.1, 0.15) is 30.7 Å². The normalized spacial score (nSPS) is 11.3. The van der Waals surface area contributed by atoms with E-state index >= 15 is 0 Å². The molecular formula is C22H29N7O5S. The highest BCUT2D eigenvalue weighted by Gasteiger charge is 2.21. The highest BCUT2D eigenvalue weighted by molar-refractivity contribution is 7.19. The molecule has 0 spiro atoms. The van der Waals surface area contributed by atoms with Crippen LogP contribution in [0, 0.1) is 11.3 Å². The Kier molecular flexibility index (Phi) is 11.5. The number of aromatic nitrogens is 1. The molecule has 1 aromatic heterocycles.